The van der Waals surface area contributed by atoms with Gasteiger partial charge in [0.05, 0.1) is 5.52 Å². The summed E-state index contributed by atoms with van der Waals surface area (Å²) in [6.07, 6.45) is 4.76. The Morgan fingerprint density at radius 3 is 3.12 bits per heavy atom. The van der Waals surface area contributed by atoms with Crippen LogP contribution in [0.15, 0.2) is 18.2 Å². The molecule has 1 aliphatic heterocycles. The molecule has 1 aromatic heterocycles. The van der Waals surface area contributed by atoms with Gasteiger partial charge in [0.1, 0.15) is 5.75 Å². The zero-order valence-electron chi connectivity index (χ0n) is 9.74. The van der Waals surface area contributed by atoms with E-state index in [0.717, 1.165) is 29.6 Å². The highest BCUT2D eigenvalue weighted by Crippen LogP contribution is 2.23. The van der Waals surface area contributed by atoms with Crippen LogP contribution in [0.2, 0.25) is 0 Å². The molecule has 3 rings (SSSR count). The standard InChI is InChI=1S/C13H17N3O/c17-10-4-5-12-11(8-10)13(16-15-12)7-9-3-1-2-6-14-9/h4-5,8-9,14,17H,1-3,6-7H2,(H,15,16). The minimum Gasteiger partial charge on any atom is -0.508 e. The number of nitrogens with one attached hydrogen (secondary N) is 2. The van der Waals surface area contributed by atoms with Crippen molar-refractivity contribution in [2.24, 2.45) is 0 Å². The molecule has 4 nitrogen and oxygen atoms in total. The van der Waals surface area contributed by atoms with E-state index in [1.54, 1.807) is 12.1 Å². The van der Waals surface area contributed by atoms with Crippen molar-refractivity contribution in [1.82, 2.24) is 15.5 Å². The molecular weight excluding hydrogens is 214 g/mol. The molecule has 0 amide bonds. The number of phenolic OH excluding ortho intramolecular Hbond substituents is 1. The number of phenols is 1. The summed E-state index contributed by atoms with van der Waals surface area (Å²) in [4.78, 5) is 0. The second kappa shape index (κ2) is 4.37. The van der Waals surface area contributed by atoms with Crippen LogP contribution >= 0.6 is 0 Å². The van der Waals surface area contributed by atoms with Gasteiger partial charge in [-0.2, -0.15) is 5.10 Å². The molecule has 90 valence electrons. The van der Waals surface area contributed by atoms with Crippen LogP contribution in [-0.2, 0) is 6.42 Å². The first-order valence-corrected chi connectivity index (χ1v) is 6.22. The zero-order valence-corrected chi connectivity index (χ0v) is 9.74. The van der Waals surface area contributed by atoms with Gasteiger partial charge in [-0.25, -0.2) is 0 Å². The van der Waals surface area contributed by atoms with Crippen LogP contribution < -0.4 is 5.32 Å². The fourth-order valence-corrected chi connectivity index (χ4v) is 2.55. The SMILES string of the molecule is Oc1ccc2n[nH]c(CC3CCCCN3)c2c1. The Labute approximate surface area is 100 Å². The lowest BCUT2D eigenvalue weighted by Crippen LogP contribution is -2.35. The highest BCUT2D eigenvalue weighted by atomic mass is 16.3. The predicted molar refractivity (Wildman–Crippen MR) is 67.1 cm³/mol. The highest BCUT2D eigenvalue weighted by molar-refractivity contribution is 5.82. The molecule has 0 bridgehead atoms. The number of hydrogen-bond donors (Lipinski definition) is 3. The van der Waals surface area contributed by atoms with Gasteiger partial charge in [0.15, 0.2) is 0 Å². The Kier molecular flexibility index (Phi) is 2.73. The number of hydrogen-bond acceptors (Lipinski definition) is 3. The Morgan fingerprint density at radius 2 is 2.29 bits per heavy atom. The van der Waals surface area contributed by atoms with E-state index >= 15 is 0 Å². The van der Waals surface area contributed by atoms with Gasteiger partial charge in [-0.05, 0) is 37.6 Å². The van der Waals surface area contributed by atoms with E-state index in [1.165, 1.54) is 19.3 Å². The number of piperidine rings is 1. The number of aromatic nitrogens is 2. The van der Waals surface area contributed by atoms with Crippen molar-refractivity contribution in [1.29, 1.82) is 0 Å². The molecule has 1 fully saturated rings. The van der Waals surface area contributed by atoms with E-state index in [-0.39, 0.29) is 0 Å². The highest BCUT2D eigenvalue weighted by Gasteiger charge is 2.15. The van der Waals surface area contributed by atoms with Crippen molar-refractivity contribution in [3.63, 3.8) is 0 Å². The first kappa shape index (κ1) is 10.6. The smallest absolute Gasteiger partial charge is 0.116 e. The van der Waals surface area contributed by atoms with Gasteiger partial charge in [0.25, 0.3) is 0 Å². The van der Waals surface area contributed by atoms with Crippen molar-refractivity contribution in [3.8, 4) is 5.75 Å². The minimum atomic E-state index is 0.303. The quantitative estimate of drug-likeness (QED) is 0.740. The van der Waals surface area contributed by atoms with Crippen LogP contribution in [0.4, 0.5) is 0 Å². The fraction of sp³-hybridized carbons (Fsp3) is 0.462. The molecule has 1 aliphatic rings. The van der Waals surface area contributed by atoms with Crippen molar-refractivity contribution in [3.05, 3.63) is 23.9 Å². The Bertz CT molecular complexity index is 514. The molecule has 4 heteroatoms. The topological polar surface area (TPSA) is 60.9 Å². The average molecular weight is 231 g/mol. The lowest BCUT2D eigenvalue weighted by Gasteiger charge is -2.22. The molecule has 1 unspecified atom stereocenters. The molecule has 0 saturated carbocycles. The first-order chi connectivity index (χ1) is 8.33. The van der Waals surface area contributed by atoms with Crippen LogP contribution in [0.25, 0.3) is 10.9 Å². The molecule has 1 saturated heterocycles. The van der Waals surface area contributed by atoms with E-state index in [9.17, 15) is 5.11 Å². The largest absolute Gasteiger partial charge is 0.508 e. The van der Waals surface area contributed by atoms with Gasteiger partial charge in [-0.3, -0.25) is 5.10 Å². The molecule has 17 heavy (non-hydrogen) atoms. The maximum Gasteiger partial charge on any atom is 0.116 e. The van der Waals surface area contributed by atoms with Crippen molar-refractivity contribution >= 4 is 10.9 Å². The maximum absolute atomic E-state index is 9.52. The molecule has 0 spiro atoms. The summed E-state index contributed by atoms with van der Waals surface area (Å²) < 4.78 is 0. The molecular formula is C13H17N3O. The number of rotatable bonds is 2. The van der Waals surface area contributed by atoms with Crippen LogP contribution in [0, 0.1) is 0 Å². The average Bonchev–Trinajstić information content (AvgIpc) is 2.73. The molecule has 2 heterocycles. The second-order valence-corrected chi connectivity index (χ2v) is 4.75. The third-order valence-corrected chi connectivity index (χ3v) is 3.48. The Balaban J connectivity index is 1.86. The van der Waals surface area contributed by atoms with Gasteiger partial charge in [0.2, 0.25) is 0 Å². The summed E-state index contributed by atoms with van der Waals surface area (Å²) in [5.41, 5.74) is 2.05. The molecule has 1 aromatic carbocycles. The van der Waals surface area contributed by atoms with Crippen LogP contribution in [0.1, 0.15) is 25.0 Å². The van der Waals surface area contributed by atoms with Gasteiger partial charge in [-0.15, -0.1) is 0 Å². The maximum atomic E-state index is 9.52. The summed E-state index contributed by atoms with van der Waals surface area (Å²) in [5.74, 6) is 0.303. The second-order valence-electron chi connectivity index (χ2n) is 4.75. The number of nitrogens with zero attached hydrogens (tertiary/aromatic N) is 1. The summed E-state index contributed by atoms with van der Waals surface area (Å²) in [5, 5.41) is 21.4. The van der Waals surface area contributed by atoms with Crippen molar-refractivity contribution < 1.29 is 5.11 Å². The molecule has 0 aliphatic carbocycles. The van der Waals surface area contributed by atoms with Gasteiger partial charge >= 0.3 is 0 Å². The number of H-pyrrole nitrogens is 1. The molecule has 0 radical (unpaired) electrons. The molecule has 2 aromatic rings. The van der Waals surface area contributed by atoms with E-state index in [0.29, 0.717) is 11.8 Å². The summed E-state index contributed by atoms with van der Waals surface area (Å²) in [6, 6.07) is 5.84. The van der Waals surface area contributed by atoms with E-state index < -0.39 is 0 Å². The summed E-state index contributed by atoms with van der Waals surface area (Å²) in [6.45, 7) is 1.11. The number of aromatic amines is 1. The van der Waals surface area contributed by atoms with E-state index in [1.807, 2.05) is 6.07 Å². The number of fused-ring (bicyclic) bond motifs is 1. The van der Waals surface area contributed by atoms with Crippen LogP contribution in [0.3, 0.4) is 0 Å². The van der Waals surface area contributed by atoms with E-state index in [2.05, 4.69) is 15.5 Å². The third-order valence-electron chi connectivity index (χ3n) is 3.48. The minimum absolute atomic E-state index is 0.303. The van der Waals surface area contributed by atoms with Gasteiger partial charge in [-0.1, -0.05) is 6.42 Å². The lowest BCUT2D eigenvalue weighted by molar-refractivity contribution is 0.397. The number of benzene rings is 1. The summed E-state index contributed by atoms with van der Waals surface area (Å²) in [7, 11) is 0. The molecule has 1 atom stereocenters. The van der Waals surface area contributed by atoms with Crippen LogP contribution in [-0.4, -0.2) is 27.9 Å². The first-order valence-electron chi connectivity index (χ1n) is 6.22. The number of aromatic hydroxyl groups is 1. The van der Waals surface area contributed by atoms with Gasteiger partial charge in [0, 0.05) is 23.5 Å². The van der Waals surface area contributed by atoms with Crippen LogP contribution in [0.5, 0.6) is 5.75 Å². The normalized spacial score (nSPS) is 20.8. The lowest BCUT2D eigenvalue weighted by atomic mass is 9.99. The predicted octanol–water partition coefficient (Wildman–Crippen LogP) is 1.95. The Morgan fingerprint density at radius 1 is 1.35 bits per heavy atom. The van der Waals surface area contributed by atoms with E-state index in [4.69, 9.17) is 0 Å². The van der Waals surface area contributed by atoms with Gasteiger partial charge < -0.3 is 10.4 Å². The molecule has 3 N–H and O–H groups in total. The monoisotopic (exact) mass is 231 g/mol. The third kappa shape index (κ3) is 2.13. The Hall–Kier alpha value is -1.55. The van der Waals surface area contributed by atoms with Crippen molar-refractivity contribution in [2.75, 3.05) is 6.54 Å². The zero-order chi connectivity index (χ0) is 11.7. The summed E-state index contributed by atoms with van der Waals surface area (Å²) >= 11 is 0. The fourth-order valence-electron chi connectivity index (χ4n) is 2.55. The van der Waals surface area contributed by atoms with Crippen molar-refractivity contribution in [2.45, 2.75) is 31.7 Å².